The molecule has 2 aliphatic carbocycles. The summed E-state index contributed by atoms with van der Waals surface area (Å²) in [5.41, 5.74) is 0. The Morgan fingerprint density at radius 1 is 0.417 bits per heavy atom. The predicted molar refractivity (Wildman–Crippen MR) is 108 cm³/mol. The SMILES string of the molecule is CCCCC1CCC(CCCCC2CCC(CCCC)CC2)CC1. The Balaban J connectivity index is 1.45. The summed E-state index contributed by atoms with van der Waals surface area (Å²) in [4.78, 5) is 0. The third-order valence-corrected chi connectivity index (χ3v) is 7.34. The van der Waals surface area contributed by atoms with Gasteiger partial charge in [-0.05, 0) is 23.7 Å². The highest BCUT2D eigenvalue weighted by molar-refractivity contribution is 4.75. The number of rotatable bonds is 11. The summed E-state index contributed by atoms with van der Waals surface area (Å²) in [6.07, 6.45) is 27.3. The predicted octanol–water partition coefficient (Wildman–Crippen LogP) is 8.54. The first-order chi connectivity index (χ1) is 11.8. The molecule has 0 radical (unpaired) electrons. The summed E-state index contributed by atoms with van der Waals surface area (Å²) >= 11 is 0. The van der Waals surface area contributed by atoms with Crippen molar-refractivity contribution >= 4 is 0 Å². The molecule has 0 aromatic carbocycles. The van der Waals surface area contributed by atoms with Gasteiger partial charge in [0, 0.05) is 0 Å². The Morgan fingerprint density at radius 2 is 0.667 bits per heavy atom. The van der Waals surface area contributed by atoms with Gasteiger partial charge in [0.1, 0.15) is 0 Å². The van der Waals surface area contributed by atoms with Crippen LogP contribution in [0.4, 0.5) is 0 Å². The van der Waals surface area contributed by atoms with Crippen LogP contribution in [0.25, 0.3) is 0 Å². The lowest BCUT2D eigenvalue weighted by Gasteiger charge is -2.30. The summed E-state index contributed by atoms with van der Waals surface area (Å²) in [5.74, 6) is 4.36. The molecular weight excluding hydrogens is 288 g/mol. The van der Waals surface area contributed by atoms with Gasteiger partial charge in [-0.1, -0.05) is 129 Å². The van der Waals surface area contributed by atoms with Crippen LogP contribution in [0.15, 0.2) is 0 Å². The normalized spacial score (nSPS) is 31.2. The van der Waals surface area contributed by atoms with Crippen LogP contribution in [0.5, 0.6) is 0 Å². The summed E-state index contributed by atoms with van der Waals surface area (Å²) < 4.78 is 0. The van der Waals surface area contributed by atoms with Crippen LogP contribution in [0, 0.1) is 23.7 Å². The average Bonchev–Trinajstić information content (AvgIpc) is 2.64. The molecule has 0 atom stereocenters. The first-order valence-corrected chi connectivity index (χ1v) is 11.8. The van der Waals surface area contributed by atoms with Gasteiger partial charge in [-0.3, -0.25) is 0 Å². The third-order valence-electron chi connectivity index (χ3n) is 7.34. The monoisotopic (exact) mass is 334 g/mol. The van der Waals surface area contributed by atoms with Gasteiger partial charge in [-0.2, -0.15) is 0 Å². The molecule has 0 aromatic rings. The van der Waals surface area contributed by atoms with Crippen LogP contribution >= 0.6 is 0 Å². The lowest BCUT2D eigenvalue weighted by molar-refractivity contribution is 0.231. The van der Waals surface area contributed by atoms with E-state index in [1.165, 1.54) is 51.4 Å². The molecule has 0 amide bonds. The minimum atomic E-state index is 1.09. The summed E-state index contributed by atoms with van der Waals surface area (Å²) in [7, 11) is 0. The van der Waals surface area contributed by atoms with Crippen molar-refractivity contribution in [3.8, 4) is 0 Å². The van der Waals surface area contributed by atoms with Crippen molar-refractivity contribution in [2.45, 2.75) is 129 Å². The van der Waals surface area contributed by atoms with E-state index in [2.05, 4.69) is 13.8 Å². The molecular formula is C24H46. The molecule has 0 nitrogen and oxygen atoms in total. The molecule has 2 aliphatic rings. The van der Waals surface area contributed by atoms with Crippen LogP contribution in [0.2, 0.25) is 0 Å². The second-order valence-electron chi connectivity index (χ2n) is 9.34. The van der Waals surface area contributed by atoms with Crippen molar-refractivity contribution in [1.29, 1.82) is 0 Å². The van der Waals surface area contributed by atoms with Crippen molar-refractivity contribution in [2.24, 2.45) is 23.7 Å². The Bertz CT molecular complexity index is 248. The third kappa shape index (κ3) is 7.92. The molecule has 0 N–H and O–H groups in total. The molecule has 2 rings (SSSR count). The van der Waals surface area contributed by atoms with E-state index >= 15 is 0 Å². The molecule has 0 saturated heterocycles. The Labute approximate surface area is 153 Å². The zero-order chi connectivity index (χ0) is 17.0. The zero-order valence-electron chi connectivity index (χ0n) is 17.0. The van der Waals surface area contributed by atoms with E-state index in [0.29, 0.717) is 0 Å². The Hall–Kier alpha value is 0. The molecule has 0 bridgehead atoms. The maximum absolute atomic E-state index is 2.34. The van der Waals surface area contributed by atoms with Gasteiger partial charge >= 0.3 is 0 Å². The number of hydrogen-bond donors (Lipinski definition) is 0. The Kier molecular flexibility index (Phi) is 10.5. The van der Waals surface area contributed by atoms with Crippen LogP contribution in [-0.2, 0) is 0 Å². The largest absolute Gasteiger partial charge is 0.0654 e. The van der Waals surface area contributed by atoms with E-state index in [0.717, 1.165) is 23.7 Å². The molecule has 24 heavy (non-hydrogen) atoms. The van der Waals surface area contributed by atoms with Crippen molar-refractivity contribution in [3.05, 3.63) is 0 Å². The van der Waals surface area contributed by atoms with Crippen molar-refractivity contribution in [1.82, 2.24) is 0 Å². The zero-order valence-corrected chi connectivity index (χ0v) is 17.0. The molecule has 0 heterocycles. The topological polar surface area (TPSA) is 0 Å². The van der Waals surface area contributed by atoms with Gasteiger partial charge in [-0.25, -0.2) is 0 Å². The maximum atomic E-state index is 2.34. The van der Waals surface area contributed by atoms with Gasteiger partial charge < -0.3 is 0 Å². The summed E-state index contributed by atoms with van der Waals surface area (Å²) in [6, 6.07) is 0. The second-order valence-corrected chi connectivity index (χ2v) is 9.34. The van der Waals surface area contributed by atoms with Gasteiger partial charge in [0.15, 0.2) is 0 Å². The van der Waals surface area contributed by atoms with Crippen LogP contribution in [-0.4, -0.2) is 0 Å². The fourth-order valence-electron chi connectivity index (χ4n) is 5.47. The summed E-state index contributed by atoms with van der Waals surface area (Å²) in [5, 5.41) is 0. The van der Waals surface area contributed by atoms with E-state index in [-0.39, 0.29) is 0 Å². The lowest BCUT2D eigenvalue weighted by atomic mass is 9.76. The van der Waals surface area contributed by atoms with E-state index in [1.54, 1.807) is 64.2 Å². The highest BCUT2D eigenvalue weighted by atomic mass is 14.3. The fraction of sp³-hybridized carbons (Fsp3) is 1.00. The molecule has 2 fully saturated rings. The molecule has 2 saturated carbocycles. The molecule has 0 aliphatic heterocycles. The van der Waals surface area contributed by atoms with E-state index < -0.39 is 0 Å². The van der Waals surface area contributed by atoms with Gasteiger partial charge in [0.05, 0.1) is 0 Å². The first kappa shape index (κ1) is 20.3. The average molecular weight is 335 g/mol. The quantitative estimate of drug-likeness (QED) is 0.332. The Morgan fingerprint density at radius 3 is 0.917 bits per heavy atom. The van der Waals surface area contributed by atoms with Crippen molar-refractivity contribution < 1.29 is 0 Å². The highest BCUT2D eigenvalue weighted by Gasteiger charge is 2.22. The molecule has 0 heteroatoms. The van der Waals surface area contributed by atoms with E-state index in [4.69, 9.17) is 0 Å². The number of unbranched alkanes of at least 4 members (excludes halogenated alkanes) is 3. The van der Waals surface area contributed by atoms with Gasteiger partial charge in [0.25, 0.3) is 0 Å². The van der Waals surface area contributed by atoms with Crippen molar-refractivity contribution in [2.75, 3.05) is 0 Å². The maximum Gasteiger partial charge on any atom is -0.0414 e. The second kappa shape index (κ2) is 12.4. The van der Waals surface area contributed by atoms with E-state index in [9.17, 15) is 0 Å². The minimum Gasteiger partial charge on any atom is -0.0654 e. The first-order valence-electron chi connectivity index (χ1n) is 11.8. The minimum absolute atomic E-state index is 1.09. The van der Waals surface area contributed by atoms with E-state index in [1.807, 2.05) is 0 Å². The fourth-order valence-corrected chi connectivity index (χ4v) is 5.47. The standard InChI is InChI=1S/C24H46/c1-3-5-9-21-13-17-23(18-14-21)11-7-8-12-24-19-15-22(16-20-24)10-6-4-2/h21-24H,3-20H2,1-2H3. The van der Waals surface area contributed by atoms with Crippen LogP contribution in [0.3, 0.4) is 0 Å². The highest BCUT2D eigenvalue weighted by Crippen LogP contribution is 2.36. The number of hydrogen-bond acceptors (Lipinski definition) is 0. The van der Waals surface area contributed by atoms with Crippen LogP contribution < -0.4 is 0 Å². The summed E-state index contributed by atoms with van der Waals surface area (Å²) in [6.45, 7) is 4.67. The van der Waals surface area contributed by atoms with Crippen LogP contribution in [0.1, 0.15) is 129 Å². The molecule has 142 valence electrons. The van der Waals surface area contributed by atoms with Gasteiger partial charge in [-0.15, -0.1) is 0 Å². The lowest BCUT2D eigenvalue weighted by Crippen LogP contribution is -2.15. The molecule has 0 spiro atoms. The molecule has 0 aromatic heterocycles. The van der Waals surface area contributed by atoms with Crippen molar-refractivity contribution in [3.63, 3.8) is 0 Å². The van der Waals surface area contributed by atoms with Gasteiger partial charge in [0.2, 0.25) is 0 Å². The molecule has 0 unspecified atom stereocenters. The smallest absolute Gasteiger partial charge is 0.0414 e.